The zero-order valence-electron chi connectivity index (χ0n) is 13.5. The van der Waals surface area contributed by atoms with Crippen LogP contribution in [0.1, 0.15) is 5.89 Å². The predicted octanol–water partition coefficient (Wildman–Crippen LogP) is 1.25. The smallest absolute Gasteiger partial charge is 0.241 e. The molecule has 0 spiro atoms. The van der Waals surface area contributed by atoms with Crippen LogP contribution in [0.2, 0.25) is 5.02 Å². The van der Waals surface area contributed by atoms with Gasteiger partial charge in [-0.1, -0.05) is 16.8 Å². The zero-order chi connectivity index (χ0) is 16.9. The third-order valence-corrected chi connectivity index (χ3v) is 4.10. The van der Waals surface area contributed by atoms with E-state index < -0.39 is 0 Å². The fourth-order valence-corrected chi connectivity index (χ4v) is 2.69. The molecule has 1 aliphatic rings. The summed E-state index contributed by atoms with van der Waals surface area (Å²) in [5.41, 5.74) is 0.842. The first kappa shape index (κ1) is 16.9. The van der Waals surface area contributed by atoms with Crippen LogP contribution in [0, 0.1) is 0 Å². The van der Waals surface area contributed by atoms with E-state index in [1.807, 2.05) is 29.0 Å². The molecule has 1 amide bonds. The van der Waals surface area contributed by atoms with Crippen LogP contribution in [0.4, 0.5) is 0 Å². The largest absolute Gasteiger partial charge is 0.339 e. The minimum Gasteiger partial charge on any atom is -0.339 e. The molecule has 24 heavy (non-hydrogen) atoms. The molecule has 1 saturated heterocycles. The van der Waals surface area contributed by atoms with Gasteiger partial charge in [-0.15, -0.1) is 0 Å². The molecular weight excluding hydrogens is 330 g/mol. The van der Waals surface area contributed by atoms with Crippen LogP contribution in [0.25, 0.3) is 11.4 Å². The number of carbonyl (C=O) groups excluding carboxylic acids is 1. The molecule has 128 valence electrons. The summed E-state index contributed by atoms with van der Waals surface area (Å²) < 4.78 is 5.28. The molecule has 2 aromatic rings. The Hall–Kier alpha value is -1.96. The highest BCUT2D eigenvalue weighted by Gasteiger charge is 2.19. The Kier molecular flexibility index (Phi) is 5.44. The molecule has 7 nitrogen and oxygen atoms in total. The van der Waals surface area contributed by atoms with Crippen molar-refractivity contribution in [1.29, 1.82) is 0 Å². The minimum atomic E-state index is 0.122. The van der Waals surface area contributed by atoms with Crippen molar-refractivity contribution in [2.75, 3.05) is 39.8 Å². The third kappa shape index (κ3) is 4.31. The summed E-state index contributed by atoms with van der Waals surface area (Å²) in [6.07, 6.45) is 0. The predicted molar refractivity (Wildman–Crippen MR) is 90.5 cm³/mol. The molecule has 0 unspecified atom stereocenters. The first-order valence-corrected chi connectivity index (χ1v) is 8.25. The molecule has 0 saturated carbocycles. The van der Waals surface area contributed by atoms with E-state index in [2.05, 4.69) is 15.5 Å². The molecule has 3 rings (SSSR count). The van der Waals surface area contributed by atoms with Crippen molar-refractivity contribution in [3.05, 3.63) is 35.2 Å². The maximum Gasteiger partial charge on any atom is 0.241 e. The van der Waals surface area contributed by atoms with Gasteiger partial charge in [0.15, 0.2) is 0 Å². The summed E-state index contributed by atoms with van der Waals surface area (Å²) in [5.74, 6) is 1.12. The summed E-state index contributed by atoms with van der Waals surface area (Å²) in [5, 5.41) is 7.87. The van der Waals surface area contributed by atoms with Crippen LogP contribution in [-0.2, 0) is 11.3 Å². The highest BCUT2D eigenvalue weighted by Crippen LogP contribution is 2.18. The second-order valence-corrected chi connectivity index (χ2v) is 6.26. The molecule has 1 N–H and O–H groups in total. The Morgan fingerprint density at radius 3 is 2.75 bits per heavy atom. The molecule has 1 fully saturated rings. The maximum atomic E-state index is 12.2. The molecule has 1 aromatic heterocycles. The van der Waals surface area contributed by atoms with Crippen LogP contribution < -0.4 is 5.32 Å². The number of carbonyl (C=O) groups is 1. The summed E-state index contributed by atoms with van der Waals surface area (Å²) in [4.78, 5) is 20.4. The molecule has 0 radical (unpaired) electrons. The van der Waals surface area contributed by atoms with Gasteiger partial charge >= 0.3 is 0 Å². The number of aromatic nitrogens is 2. The van der Waals surface area contributed by atoms with Crippen molar-refractivity contribution in [2.45, 2.75) is 6.54 Å². The Balaban J connectivity index is 1.55. The second kappa shape index (κ2) is 7.74. The van der Waals surface area contributed by atoms with E-state index in [0.717, 1.165) is 31.7 Å². The summed E-state index contributed by atoms with van der Waals surface area (Å²) in [6.45, 7) is 3.98. The Labute approximate surface area is 145 Å². The van der Waals surface area contributed by atoms with E-state index in [1.165, 1.54) is 0 Å². The lowest BCUT2D eigenvalue weighted by atomic mass is 10.2. The summed E-state index contributed by atoms with van der Waals surface area (Å²) >= 11 is 5.87. The van der Waals surface area contributed by atoms with Crippen LogP contribution in [-0.4, -0.2) is 65.6 Å². The monoisotopic (exact) mass is 349 g/mol. The first-order valence-electron chi connectivity index (χ1n) is 7.87. The van der Waals surface area contributed by atoms with Crippen molar-refractivity contribution in [1.82, 2.24) is 25.3 Å². The van der Waals surface area contributed by atoms with E-state index >= 15 is 0 Å². The van der Waals surface area contributed by atoms with Crippen LogP contribution in [0.3, 0.4) is 0 Å². The molecule has 0 atom stereocenters. The maximum absolute atomic E-state index is 12.2. The first-order chi connectivity index (χ1) is 11.6. The quantitative estimate of drug-likeness (QED) is 0.875. The molecule has 1 aromatic carbocycles. The highest BCUT2D eigenvalue weighted by molar-refractivity contribution is 6.30. The van der Waals surface area contributed by atoms with Crippen LogP contribution >= 0.6 is 11.6 Å². The fourth-order valence-electron chi connectivity index (χ4n) is 2.57. The van der Waals surface area contributed by atoms with Gasteiger partial charge < -0.3 is 14.7 Å². The van der Waals surface area contributed by atoms with Crippen molar-refractivity contribution in [3.63, 3.8) is 0 Å². The van der Waals surface area contributed by atoms with Gasteiger partial charge in [-0.2, -0.15) is 4.98 Å². The highest BCUT2D eigenvalue weighted by atomic mass is 35.5. The number of halogens is 1. The standard InChI is InChI=1S/C16H20ClN5O2/c1-21(11-15(23)22-8-6-18-7-9-22)10-14-19-16(20-24-14)12-2-4-13(17)5-3-12/h2-5,18H,6-11H2,1H3. The lowest BCUT2D eigenvalue weighted by Gasteiger charge is -2.28. The SMILES string of the molecule is CN(CC(=O)N1CCNCC1)Cc1nc(-c2ccc(Cl)cc2)no1. The number of nitrogens with zero attached hydrogens (tertiary/aromatic N) is 4. The number of hydrogen-bond acceptors (Lipinski definition) is 6. The number of piperazine rings is 1. The topological polar surface area (TPSA) is 74.5 Å². The Bertz CT molecular complexity index is 682. The number of benzene rings is 1. The second-order valence-electron chi connectivity index (χ2n) is 5.82. The van der Waals surface area contributed by atoms with Gasteiger partial charge in [0.1, 0.15) is 0 Å². The normalized spacial score (nSPS) is 15.0. The van der Waals surface area contributed by atoms with Crippen molar-refractivity contribution < 1.29 is 9.32 Å². The number of amides is 1. The number of hydrogen-bond donors (Lipinski definition) is 1. The molecule has 2 heterocycles. The molecule has 1 aliphatic heterocycles. The average Bonchev–Trinajstić information content (AvgIpc) is 3.04. The Morgan fingerprint density at radius 2 is 2.04 bits per heavy atom. The fraction of sp³-hybridized carbons (Fsp3) is 0.438. The van der Waals surface area contributed by atoms with Crippen molar-refractivity contribution in [2.24, 2.45) is 0 Å². The van der Waals surface area contributed by atoms with Gasteiger partial charge in [0.25, 0.3) is 0 Å². The molecule has 8 heteroatoms. The van der Waals surface area contributed by atoms with E-state index in [0.29, 0.717) is 29.8 Å². The summed E-state index contributed by atoms with van der Waals surface area (Å²) in [7, 11) is 1.87. The lowest BCUT2D eigenvalue weighted by Crippen LogP contribution is -2.49. The molecular formula is C16H20ClN5O2. The number of likely N-dealkylation sites (N-methyl/N-ethyl adjacent to an activating group) is 1. The van der Waals surface area contributed by atoms with Crippen molar-refractivity contribution in [3.8, 4) is 11.4 Å². The van der Waals surface area contributed by atoms with E-state index in [-0.39, 0.29) is 5.91 Å². The average molecular weight is 350 g/mol. The molecule has 0 aliphatic carbocycles. The van der Waals surface area contributed by atoms with Gasteiger partial charge in [0.05, 0.1) is 13.1 Å². The number of nitrogens with one attached hydrogen (secondary N) is 1. The zero-order valence-corrected chi connectivity index (χ0v) is 14.3. The van der Waals surface area contributed by atoms with E-state index in [4.69, 9.17) is 16.1 Å². The minimum absolute atomic E-state index is 0.122. The van der Waals surface area contributed by atoms with Crippen LogP contribution in [0.15, 0.2) is 28.8 Å². The molecule has 0 bridgehead atoms. The lowest BCUT2D eigenvalue weighted by molar-refractivity contribution is -0.132. The van der Waals surface area contributed by atoms with Crippen molar-refractivity contribution >= 4 is 17.5 Å². The van der Waals surface area contributed by atoms with Gasteiger partial charge in [0, 0.05) is 36.8 Å². The summed E-state index contributed by atoms with van der Waals surface area (Å²) in [6, 6.07) is 7.25. The van der Waals surface area contributed by atoms with Gasteiger partial charge in [-0.25, -0.2) is 0 Å². The Morgan fingerprint density at radius 1 is 1.33 bits per heavy atom. The van der Waals surface area contributed by atoms with E-state index in [9.17, 15) is 4.79 Å². The van der Waals surface area contributed by atoms with Gasteiger partial charge in [0.2, 0.25) is 17.6 Å². The van der Waals surface area contributed by atoms with Gasteiger partial charge in [-0.3, -0.25) is 9.69 Å². The van der Waals surface area contributed by atoms with Crippen LogP contribution in [0.5, 0.6) is 0 Å². The number of rotatable bonds is 5. The van der Waals surface area contributed by atoms with Gasteiger partial charge in [-0.05, 0) is 31.3 Å². The van der Waals surface area contributed by atoms with E-state index in [1.54, 1.807) is 12.1 Å². The third-order valence-electron chi connectivity index (χ3n) is 3.85.